The summed E-state index contributed by atoms with van der Waals surface area (Å²) in [4.78, 5) is 0. The Morgan fingerprint density at radius 3 is 2.04 bits per heavy atom. The number of nitriles is 3. The lowest BCUT2D eigenvalue weighted by molar-refractivity contribution is 0.340. The van der Waals surface area contributed by atoms with Gasteiger partial charge in [0.05, 0.1) is 25.5 Å². The summed E-state index contributed by atoms with van der Waals surface area (Å²) in [5.41, 5.74) is 5.73. The molecule has 0 aromatic heterocycles. The predicted molar refractivity (Wildman–Crippen MR) is 86.4 cm³/mol. The summed E-state index contributed by atoms with van der Waals surface area (Å²) in [6.07, 6.45) is 4.51. The quantitative estimate of drug-likeness (QED) is 0.625. The summed E-state index contributed by atoms with van der Waals surface area (Å²) < 4.78 is 10.1. The number of rotatable bonds is 5. The van der Waals surface area contributed by atoms with Gasteiger partial charge in [0, 0.05) is 0 Å². The number of ether oxygens (including phenoxy) is 2. The number of phenolic OH excluding ortho intramolecular Hbond substituents is 1. The van der Waals surface area contributed by atoms with E-state index in [-0.39, 0.29) is 34.1 Å². The van der Waals surface area contributed by atoms with Crippen molar-refractivity contribution in [3.63, 3.8) is 0 Å². The molecule has 1 aromatic carbocycles. The number of hydrogen-bond donors (Lipinski definition) is 2. The van der Waals surface area contributed by atoms with Gasteiger partial charge in [-0.15, -0.1) is 0 Å². The van der Waals surface area contributed by atoms with Crippen molar-refractivity contribution in [1.82, 2.24) is 0 Å². The monoisotopic (exact) mass is 322 g/mol. The average Bonchev–Trinajstić information content (AvgIpc) is 2.60. The molecule has 120 valence electrons. The molecule has 24 heavy (non-hydrogen) atoms. The number of benzene rings is 1. The standard InChI is InChI=1S/C17H14N4O3/c1-23-14-6-11(7-15(24-2)17(14)22)4-3-5-12(8-18)16(21)13(9-19)10-20/h3-7,22H,21H2,1-2H3/b4-3+,12-5+. The molecule has 0 saturated carbocycles. The van der Waals surface area contributed by atoms with Crippen LogP contribution in [0, 0.1) is 34.0 Å². The SMILES string of the molecule is COc1cc(/C=C/C=C(\C#N)C(N)=C(C#N)C#N)cc(OC)c1O. The lowest BCUT2D eigenvalue weighted by atomic mass is 10.1. The molecule has 0 heterocycles. The van der Waals surface area contributed by atoms with Crippen LogP contribution in [-0.4, -0.2) is 19.3 Å². The largest absolute Gasteiger partial charge is 0.502 e. The van der Waals surface area contributed by atoms with Crippen LogP contribution in [0.3, 0.4) is 0 Å². The van der Waals surface area contributed by atoms with Crippen LogP contribution in [0.5, 0.6) is 17.2 Å². The minimum atomic E-state index is -0.329. The molecule has 0 saturated heterocycles. The van der Waals surface area contributed by atoms with E-state index in [0.717, 1.165) is 0 Å². The topological polar surface area (TPSA) is 136 Å². The van der Waals surface area contributed by atoms with E-state index >= 15 is 0 Å². The number of allylic oxidation sites excluding steroid dienone is 4. The van der Waals surface area contributed by atoms with Crippen molar-refractivity contribution in [3.05, 3.63) is 46.7 Å². The molecule has 0 amide bonds. The van der Waals surface area contributed by atoms with Gasteiger partial charge in [-0.1, -0.05) is 12.2 Å². The maximum absolute atomic E-state index is 9.84. The molecule has 0 fully saturated rings. The van der Waals surface area contributed by atoms with Gasteiger partial charge in [-0.05, 0) is 23.8 Å². The Morgan fingerprint density at radius 1 is 1.08 bits per heavy atom. The Labute approximate surface area is 139 Å². The lowest BCUT2D eigenvalue weighted by Crippen LogP contribution is -2.03. The minimum Gasteiger partial charge on any atom is -0.502 e. The molecule has 0 spiro atoms. The smallest absolute Gasteiger partial charge is 0.200 e. The van der Waals surface area contributed by atoms with E-state index in [1.807, 2.05) is 6.07 Å². The average molecular weight is 322 g/mol. The third kappa shape index (κ3) is 4.07. The fourth-order valence-electron chi connectivity index (χ4n) is 1.73. The van der Waals surface area contributed by atoms with Gasteiger partial charge in [0.25, 0.3) is 0 Å². The van der Waals surface area contributed by atoms with Crippen LogP contribution in [0.2, 0.25) is 0 Å². The number of phenols is 1. The molecule has 7 heteroatoms. The Balaban J connectivity index is 3.23. The van der Waals surface area contributed by atoms with Crippen LogP contribution in [0.15, 0.2) is 41.1 Å². The Kier molecular flexibility index (Phi) is 6.45. The van der Waals surface area contributed by atoms with Crippen LogP contribution in [-0.2, 0) is 0 Å². The fourth-order valence-corrected chi connectivity index (χ4v) is 1.73. The van der Waals surface area contributed by atoms with Gasteiger partial charge in [0.2, 0.25) is 5.75 Å². The first-order valence-corrected chi connectivity index (χ1v) is 6.56. The molecular weight excluding hydrogens is 308 g/mol. The van der Waals surface area contributed by atoms with Gasteiger partial charge in [-0.2, -0.15) is 15.8 Å². The normalized spacial score (nSPS) is 10.4. The van der Waals surface area contributed by atoms with Crippen molar-refractivity contribution in [2.24, 2.45) is 5.73 Å². The van der Waals surface area contributed by atoms with Gasteiger partial charge in [0.1, 0.15) is 18.2 Å². The Bertz CT molecular complexity index is 805. The van der Waals surface area contributed by atoms with Crippen LogP contribution in [0.1, 0.15) is 5.56 Å². The van der Waals surface area contributed by atoms with Gasteiger partial charge >= 0.3 is 0 Å². The van der Waals surface area contributed by atoms with E-state index in [2.05, 4.69) is 0 Å². The zero-order valence-corrected chi connectivity index (χ0v) is 13.1. The first-order valence-electron chi connectivity index (χ1n) is 6.56. The van der Waals surface area contributed by atoms with Gasteiger partial charge in [0.15, 0.2) is 17.1 Å². The second kappa shape index (κ2) is 8.53. The summed E-state index contributed by atoms with van der Waals surface area (Å²) >= 11 is 0. The van der Waals surface area contributed by atoms with Gasteiger partial charge in [-0.3, -0.25) is 0 Å². The summed E-state index contributed by atoms with van der Waals surface area (Å²) in [7, 11) is 2.82. The van der Waals surface area contributed by atoms with E-state index in [0.29, 0.717) is 5.56 Å². The second-order valence-electron chi connectivity index (χ2n) is 4.34. The van der Waals surface area contributed by atoms with Crippen molar-refractivity contribution < 1.29 is 14.6 Å². The van der Waals surface area contributed by atoms with Crippen molar-refractivity contribution >= 4 is 6.08 Å². The van der Waals surface area contributed by atoms with E-state index in [1.54, 1.807) is 30.3 Å². The van der Waals surface area contributed by atoms with Crippen molar-refractivity contribution in [2.75, 3.05) is 14.2 Å². The molecule has 0 radical (unpaired) electrons. The molecule has 7 nitrogen and oxygen atoms in total. The maximum atomic E-state index is 9.84. The van der Waals surface area contributed by atoms with Crippen LogP contribution in [0.25, 0.3) is 6.08 Å². The van der Waals surface area contributed by atoms with Crippen molar-refractivity contribution in [2.45, 2.75) is 0 Å². The fraction of sp³-hybridized carbons (Fsp3) is 0.118. The zero-order chi connectivity index (χ0) is 18.1. The summed E-state index contributed by atoms with van der Waals surface area (Å²) in [6, 6.07) is 8.23. The van der Waals surface area contributed by atoms with Crippen LogP contribution in [0.4, 0.5) is 0 Å². The van der Waals surface area contributed by atoms with Gasteiger partial charge < -0.3 is 20.3 Å². The zero-order valence-electron chi connectivity index (χ0n) is 13.1. The molecule has 0 aliphatic heterocycles. The summed E-state index contributed by atoms with van der Waals surface area (Å²) in [6.45, 7) is 0. The molecular formula is C17H14N4O3. The highest BCUT2D eigenvalue weighted by molar-refractivity contribution is 5.63. The van der Waals surface area contributed by atoms with E-state index in [4.69, 9.17) is 31.0 Å². The molecule has 1 aromatic rings. The highest BCUT2D eigenvalue weighted by Crippen LogP contribution is 2.37. The second-order valence-corrected chi connectivity index (χ2v) is 4.34. The number of aromatic hydroxyl groups is 1. The molecule has 1 rings (SSSR count). The number of methoxy groups -OCH3 is 2. The highest BCUT2D eigenvalue weighted by atomic mass is 16.5. The molecule has 0 aliphatic carbocycles. The number of nitrogens with two attached hydrogens (primary N) is 1. The van der Waals surface area contributed by atoms with E-state index < -0.39 is 0 Å². The summed E-state index contributed by atoms with van der Waals surface area (Å²) in [5, 5.41) is 36.5. The third-order valence-electron chi connectivity index (χ3n) is 2.96. The molecule has 3 N–H and O–H groups in total. The van der Waals surface area contributed by atoms with Crippen molar-refractivity contribution in [3.8, 4) is 35.5 Å². The number of hydrogen-bond acceptors (Lipinski definition) is 7. The Hall–Kier alpha value is -3.89. The lowest BCUT2D eigenvalue weighted by Gasteiger charge is -2.09. The highest BCUT2D eigenvalue weighted by Gasteiger charge is 2.10. The predicted octanol–water partition coefficient (Wildman–Crippen LogP) is 2.13. The minimum absolute atomic E-state index is 0.0120. The van der Waals surface area contributed by atoms with E-state index in [1.165, 1.54) is 26.4 Å². The Morgan fingerprint density at radius 2 is 1.62 bits per heavy atom. The van der Waals surface area contributed by atoms with Crippen molar-refractivity contribution in [1.29, 1.82) is 15.8 Å². The first kappa shape index (κ1) is 18.2. The summed E-state index contributed by atoms with van der Waals surface area (Å²) in [5.74, 6) is 0.341. The molecule has 0 aliphatic rings. The van der Waals surface area contributed by atoms with Crippen LogP contribution < -0.4 is 15.2 Å². The molecule has 0 bridgehead atoms. The number of nitrogens with zero attached hydrogens (tertiary/aromatic N) is 3. The first-order chi connectivity index (χ1) is 11.5. The van der Waals surface area contributed by atoms with Crippen LogP contribution >= 0.6 is 0 Å². The van der Waals surface area contributed by atoms with Gasteiger partial charge in [-0.25, -0.2) is 0 Å². The maximum Gasteiger partial charge on any atom is 0.200 e. The molecule has 0 atom stereocenters. The van der Waals surface area contributed by atoms with E-state index in [9.17, 15) is 5.11 Å². The molecule has 0 unspecified atom stereocenters. The third-order valence-corrected chi connectivity index (χ3v) is 2.96.